The summed E-state index contributed by atoms with van der Waals surface area (Å²) >= 11 is 0. The number of sulfone groups is 1. The molecule has 2 saturated carbocycles. The molecule has 4 atom stereocenters. The highest BCUT2D eigenvalue weighted by molar-refractivity contribution is 7.90. The Balaban J connectivity index is 1.55. The summed E-state index contributed by atoms with van der Waals surface area (Å²) in [6, 6.07) is 0.515. The van der Waals surface area contributed by atoms with Crippen LogP contribution in [0.5, 0.6) is 0 Å². The molecule has 0 aromatic carbocycles. The van der Waals surface area contributed by atoms with Gasteiger partial charge in [0.2, 0.25) is 0 Å². The van der Waals surface area contributed by atoms with Gasteiger partial charge in [-0.25, -0.2) is 8.42 Å². The van der Waals surface area contributed by atoms with Crippen molar-refractivity contribution >= 4 is 15.8 Å². The Kier molecular flexibility index (Phi) is 4.62. The summed E-state index contributed by atoms with van der Waals surface area (Å²) in [5, 5.41) is 6.94. The number of rotatable bonds is 5. The molecule has 23 heavy (non-hydrogen) atoms. The highest BCUT2D eigenvalue weighted by atomic mass is 32.2. The molecule has 2 N–H and O–H groups in total. The summed E-state index contributed by atoms with van der Waals surface area (Å²) < 4.78 is 28.5. The molecule has 3 fully saturated rings. The second kappa shape index (κ2) is 6.24. The molecule has 1 spiro atoms. The van der Waals surface area contributed by atoms with Crippen molar-refractivity contribution in [1.29, 1.82) is 0 Å². The molecule has 0 amide bonds. The number of nitrogens with one attached hydrogen (secondary N) is 2. The second-order valence-corrected chi connectivity index (χ2v) is 9.75. The van der Waals surface area contributed by atoms with Gasteiger partial charge in [-0.3, -0.25) is 4.99 Å². The lowest BCUT2D eigenvalue weighted by Crippen LogP contribution is -2.72. The fourth-order valence-electron chi connectivity index (χ4n) is 4.47. The molecule has 0 aromatic rings. The summed E-state index contributed by atoms with van der Waals surface area (Å²) in [4.78, 5) is 4.34. The van der Waals surface area contributed by atoms with Gasteiger partial charge >= 0.3 is 0 Å². The van der Waals surface area contributed by atoms with Crippen molar-refractivity contribution in [2.45, 2.75) is 57.2 Å². The van der Waals surface area contributed by atoms with Crippen molar-refractivity contribution in [1.82, 2.24) is 10.6 Å². The van der Waals surface area contributed by atoms with E-state index in [0.717, 1.165) is 19.0 Å². The van der Waals surface area contributed by atoms with E-state index in [0.29, 0.717) is 29.9 Å². The highest BCUT2D eigenvalue weighted by Gasteiger charge is 2.66. The van der Waals surface area contributed by atoms with E-state index < -0.39 is 9.84 Å². The van der Waals surface area contributed by atoms with Crippen molar-refractivity contribution in [3.05, 3.63) is 0 Å². The predicted molar refractivity (Wildman–Crippen MR) is 91.3 cm³/mol. The van der Waals surface area contributed by atoms with Gasteiger partial charge in [0.1, 0.15) is 9.84 Å². The van der Waals surface area contributed by atoms with E-state index in [1.165, 1.54) is 25.5 Å². The highest BCUT2D eigenvalue weighted by Crippen LogP contribution is 2.62. The van der Waals surface area contributed by atoms with Gasteiger partial charge in [0.05, 0.1) is 11.9 Å². The minimum absolute atomic E-state index is 0.0731. The maximum Gasteiger partial charge on any atom is 0.191 e. The SMILES string of the molecule is CN=C(NC(C)CCS(C)(=O)=O)NC1C2CCOC2C12CCC2. The smallest absolute Gasteiger partial charge is 0.191 e. The average Bonchev–Trinajstić information content (AvgIpc) is 2.84. The summed E-state index contributed by atoms with van der Waals surface area (Å²) in [7, 11) is -1.15. The van der Waals surface area contributed by atoms with Crippen LogP contribution in [0, 0.1) is 11.3 Å². The van der Waals surface area contributed by atoms with Crippen LogP contribution in [0.4, 0.5) is 0 Å². The molecule has 6 nitrogen and oxygen atoms in total. The first-order valence-corrected chi connectivity index (χ1v) is 10.7. The third-order valence-corrected chi connectivity index (χ3v) is 6.83. The summed E-state index contributed by atoms with van der Waals surface area (Å²) in [5.41, 5.74) is 0.314. The fraction of sp³-hybridized carbons (Fsp3) is 0.938. The molecular weight excluding hydrogens is 314 g/mol. The monoisotopic (exact) mass is 343 g/mol. The zero-order valence-electron chi connectivity index (χ0n) is 14.3. The number of aliphatic imine (C=N–C) groups is 1. The molecule has 3 rings (SSSR count). The lowest BCUT2D eigenvalue weighted by molar-refractivity contribution is -0.171. The molecule has 7 heteroatoms. The quantitative estimate of drug-likeness (QED) is 0.573. The molecule has 0 aromatic heterocycles. The van der Waals surface area contributed by atoms with Crippen LogP contribution in [0.25, 0.3) is 0 Å². The van der Waals surface area contributed by atoms with Crippen molar-refractivity contribution in [3.63, 3.8) is 0 Å². The van der Waals surface area contributed by atoms with Crippen molar-refractivity contribution in [3.8, 4) is 0 Å². The van der Waals surface area contributed by atoms with E-state index in [1.54, 1.807) is 7.05 Å². The van der Waals surface area contributed by atoms with Crippen molar-refractivity contribution < 1.29 is 13.2 Å². The lowest BCUT2D eigenvalue weighted by Gasteiger charge is -2.63. The zero-order valence-corrected chi connectivity index (χ0v) is 15.2. The van der Waals surface area contributed by atoms with E-state index in [-0.39, 0.29) is 11.8 Å². The van der Waals surface area contributed by atoms with Crippen LogP contribution in [0.15, 0.2) is 4.99 Å². The van der Waals surface area contributed by atoms with E-state index in [1.807, 2.05) is 6.92 Å². The molecule has 1 saturated heterocycles. The molecule has 132 valence electrons. The maximum atomic E-state index is 11.3. The van der Waals surface area contributed by atoms with Crippen LogP contribution in [0.3, 0.4) is 0 Å². The number of hydrogen-bond donors (Lipinski definition) is 2. The molecule has 0 bridgehead atoms. The molecule has 0 radical (unpaired) electrons. The summed E-state index contributed by atoms with van der Waals surface area (Å²) in [6.07, 6.45) is 7.21. The Hall–Kier alpha value is -0.820. The molecule has 2 aliphatic carbocycles. The van der Waals surface area contributed by atoms with Crippen LogP contribution >= 0.6 is 0 Å². The topological polar surface area (TPSA) is 79.8 Å². The number of nitrogens with zero attached hydrogens (tertiary/aromatic N) is 1. The molecule has 1 heterocycles. The number of guanidine groups is 1. The lowest BCUT2D eigenvalue weighted by atomic mass is 9.46. The van der Waals surface area contributed by atoms with E-state index in [4.69, 9.17) is 4.74 Å². The molecule has 1 aliphatic heterocycles. The van der Waals surface area contributed by atoms with Gasteiger partial charge in [0.25, 0.3) is 0 Å². The largest absolute Gasteiger partial charge is 0.377 e. The van der Waals surface area contributed by atoms with Crippen LogP contribution in [-0.2, 0) is 14.6 Å². The zero-order chi connectivity index (χ0) is 16.7. The van der Waals surface area contributed by atoms with Gasteiger partial charge in [-0.05, 0) is 32.6 Å². The Morgan fingerprint density at radius 2 is 2.17 bits per heavy atom. The minimum atomic E-state index is -2.92. The minimum Gasteiger partial charge on any atom is -0.377 e. The van der Waals surface area contributed by atoms with Gasteiger partial charge in [-0.15, -0.1) is 0 Å². The van der Waals surface area contributed by atoms with Gasteiger partial charge in [-0.2, -0.15) is 0 Å². The standard InChI is InChI=1S/C16H29N3O3S/c1-11(6-10-23(3,20)21)18-15(17-2)19-13-12-5-9-22-14(12)16(13)7-4-8-16/h11-14H,4-10H2,1-3H3,(H2,17,18,19). The normalized spacial score (nSPS) is 33.5. The first-order chi connectivity index (χ1) is 10.9. The van der Waals surface area contributed by atoms with Gasteiger partial charge in [-0.1, -0.05) is 6.42 Å². The van der Waals surface area contributed by atoms with Gasteiger partial charge < -0.3 is 15.4 Å². The Morgan fingerprint density at radius 1 is 1.43 bits per heavy atom. The van der Waals surface area contributed by atoms with Gasteiger partial charge in [0, 0.05) is 43.3 Å². The number of hydrogen-bond acceptors (Lipinski definition) is 4. The van der Waals surface area contributed by atoms with Crippen molar-refractivity contribution in [2.24, 2.45) is 16.3 Å². The second-order valence-electron chi connectivity index (χ2n) is 7.49. The first-order valence-electron chi connectivity index (χ1n) is 8.65. The summed E-state index contributed by atoms with van der Waals surface area (Å²) in [6.45, 7) is 2.88. The predicted octanol–water partition coefficient (Wildman–Crippen LogP) is 0.932. The molecule has 3 aliphatic rings. The third-order valence-electron chi connectivity index (χ3n) is 5.86. The Bertz CT molecular complexity index is 571. The van der Waals surface area contributed by atoms with E-state index in [2.05, 4.69) is 15.6 Å². The summed E-state index contributed by atoms with van der Waals surface area (Å²) in [5.74, 6) is 1.58. The maximum absolute atomic E-state index is 11.3. The first kappa shape index (κ1) is 17.0. The molecule has 4 unspecified atom stereocenters. The number of ether oxygens (including phenoxy) is 1. The Labute approximate surface area is 139 Å². The van der Waals surface area contributed by atoms with Crippen LogP contribution in [0.2, 0.25) is 0 Å². The number of fused-ring (bicyclic) bond motifs is 2. The van der Waals surface area contributed by atoms with Crippen LogP contribution in [-0.4, -0.2) is 58.2 Å². The Morgan fingerprint density at radius 3 is 2.74 bits per heavy atom. The third kappa shape index (κ3) is 3.22. The fourth-order valence-corrected chi connectivity index (χ4v) is 5.25. The van der Waals surface area contributed by atoms with E-state index >= 15 is 0 Å². The van der Waals surface area contributed by atoms with Gasteiger partial charge in [0.15, 0.2) is 5.96 Å². The molecular formula is C16H29N3O3S. The van der Waals surface area contributed by atoms with Crippen molar-refractivity contribution in [2.75, 3.05) is 25.7 Å². The van der Waals surface area contributed by atoms with Crippen LogP contribution in [0.1, 0.15) is 39.0 Å². The van der Waals surface area contributed by atoms with Crippen LogP contribution < -0.4 is 10.6 Å². The van der Waals surface area contributed by atoms with E-state index in [9.17, 15) is 8.42 Å². The average molecular weight is 343 g/mol.